The molecule has 3 rings (SSSR count). The van der Waals surface area contributed by atoms with Gasteiger partial charge in [-0.05, 0) is 18.7 Å². The van der Waals surface area contributed by atoms with Gasteiger partial charge in [-0.1, -0.05) is 30.3 Å². The highest BCUT2D eigenvalue weighted by Crippen LogP contribution is 2.32. The van der Waals surface area contributed by atoms with Gasteiger partial charge in [0.2, 0.25) is 5.89 Å². The number of hydrogen-bond donors (Lipinski definition) is 1. The van der Waals surface area contributed by atoms with Crippen LogP contribution >= 0.6 is 23.5 Å². The molecule has 2 atom stereocenters. The highest BCUT2D eigenvalue weighted by molar-refractivity contribution is 7.99. The van der Waals surface area contributed by atoms with Crippen LogP contribution in [0.3, 0.4) is 0 Å². The molecule has 0 aliphatic carbocycles. The van der Waals surface area contributed by atoms with Crippen LogP contribution in [0.5, 0.6) is 0 Å². The number of hydrogen-bond acceptors (Lipinski definition) is 6. The van der Waals surface area contributed by atoms with Gasteiger partial charge in [-0.15, -0.1) is 11.8 Å². The van der Waals surface area contributed by atoms with Crippen LogP contribution in [0.1, 0.15) is 24.6 Å². The summed E-state index contributed by atoms with van der Waals surface area (Å²) in [7, 11) is 0. The Balaban J connectivity index is 1.61. The summed E-state index contributed by atoms with van der Waals surface area (Å²) in [4.78, 5) is 5.82. The standard InChI is InChI=1S/C15H19N3OS2/c1-2-16-13-9-20-8-12(13)15-17-14(18-19-15)10-21-11-6-4-3-5-7-11/h3-7,12-13,16H,2,8-10H2,1H3. The number of benzene rings is 1. The van der Waals surface area contributed by atoms with Gasteiger partial charge in [-0.2, -0.15) is 16.7 Å². The van der Waals surface area contributed by atoms with Crippen molar-refractivity contribution in [2.24, 2.45) is 0 Å². The van der Waals surface area contributed by atoms with E-state index in [2.05, 4.69) is 34.5 Å². The van der Waals surface area contributed by atoms with Crippen LogP contribution in [0.25, 0.3) is 0 Å². The third kappa shape index (κ3) is 3.81. The minimum Gasteiger partial charge on any atom is -0.339 e. The Labute approximate surface area is 133 Å². The molecular weight excluding hydrogens is 302 g/mol. The average Bonchev–Trinajstić information content (AvgIpc) is 3.15. The Morgan fingerprint density at radius 1 is 1.33 bits per heavy atom. The maximum atomic E-state index is 5.49. The zero-order valence-electron chi connectivity index (χ0n) is 12.0. The van der Waals surface area contributed by atoms with E-state index in [9.17, 15) is 0 Å². The molecular formula is C15H19N3OS2. The lowest BCUT2D eigenvalue weighted by molar-refractivity contribution is 0.338. The number of nitrogens with zero attached hydrogens (tertiary/aromatic N) is 2. The van der Waals surface area contributed by atoms with E-state index in [1.807, 2.05) is 30.0 Å². The largest absolute Gasteiger partial charge is 0.339 e. The van der Waals surface area contributed by atoms with Crippen LogP contribution in [-0.4, -0.2) is 34.2 Å². The van der Waals surface area contributed by atoms with E-state index in [0.717, 1.165) is 35.5 Å². The van der Waals surface area contributed by atoms with Crippen molar-refractivity contribution in [3.05, 3.63) is 42.0 Å². The van der Waals surface area contributed by atoms with Gasteiger partial charge in [-0.3, -0.25) is 0 Å². The van der Waals surface area contributed by atoms with Crippen LogP contribution in [0, 0.1) is 0 Å². The summed E-state index contributed by atoms with van der Waals surface area (Å²) in [5.74, 6) is 4.85. The third-order valence-corrected chi connectivity index (χ3v) is 5.66. The van der Waals surface area contributed by atoms with E-state index < -0.39 is 0 Å². The summed E-state index contributed by atoms with van der Waals surface area (Å²) >= 11 is 3.68. The summed E-state index contributed by atoms with van der Waals surface area (Å²) in [5.41, 5.74) is 0. The van der Waals surface area contributed by atoms with E-state index in [1.54, 1.807) is 11.8 Å². The second-order valence-corrected chi connectivity index (χ2v) is 7.08. The zero-order chi connectivity index (χ0) is 14.5. The fourth-order valence-electron chi connectivity index (χ4n) is 2.40. The Hall–Kier alpha value is -0.980. The van der Waals surface area contributed by atoms with Gasteiger partial charge in [0, 0.05) is 22.4 Å². The van der Waals surface area contributed by atoms with Crippen LogP contribution in [0.2, 0.25) is 0 Å². The van der Waals surface area contributed by atoms with Crippen molar-refractivity contribution in [2.75, 3.05) is 18.1 Å². The fraction of sp³-hybridized carbons (Fsp3) is 0.467. The normalized spacial score (nSPS) is 21.8. The molecule has 1 N–H and O–H groups in total. The molecule has 2 unspecified atom stereocenters. The van der Waals surface area contributed by atoms with Crippen molar-refractivity contribution in [1.82, 2.24) is 15.5 Å². The van der Waals surface area contributed by atoms with E-state index >= 15 is 0 Å². The van der Waals surface area contributed by atoms with Gasteiger partial charge in [0.25, 0.3) is 0 Å². The molecule has 1 aromatic heterocycles. The molecule has 0 spiro atoms. The number of rotatable bonds is 6. The summed E-state index contributed by atoms with van der Waals surface area (Å²) in [6, 6.07) is 10.8. The molecule has 0 saturated carbocycles. The molecule has 0 bridgehead atoms. The topological polar surface area (TPSA) is 51.0 Å². The number of aromatic nitrogens is 2. The maximum Gasteiger partial charge on any atom is 0.232 e. The third-order valence-electron chi connectivity index (χ3n) is 3.46. The summed E-state index contributed by atoms with van der Waals surface area (Å²) in [5, 5.41) is 7.63. The van der Waals surface area contributed by atoms with Gasteiger partial charge in [0.15, 0.2) is 5.82 Å². The minimum atomic E-state index is 0.345. The molecule has 1 fully saturated rings. The monoisotopic (exact) mass is 321 g/mol. The quantitative estimate of drug-likeness (QED) is 0.825. The van der Waals surface area contributed by atoms with Gasteiger partial charge in [0.05, 0.1) is 11.7 Å². The van der Waals surface area contributed by atoms with Crippen molar-refractivity contribution >= 4 is 23.5 Å². The predicted molar refractivity (Wildman–Crippen MR) is 87.8 cm³/mol. The first-order chi connectivity index (χ1) is 10.4. The van der Waals surface area contributed by atoms with Gasteiger partial charge >= 0.3 is 0 Å². The Morgan fingerprint density at radius 3 is 3.00 bits per heavy atom. The first-order valence-electron chi connectivity index (χ1n) is 7.18. The van der Waals surface area contributed by atoms with Crippen LogP contribution in [0.15, 0.2) is 39.8 Å². The lowest BCUT2D eigenvalue weighted by Crippen LogP contribution is -2.34. The fourth-order valence-corrected chi connectivity index (χ4v) is 4.53. The van der Waals surface area contributed by atoms with E-state index in [1.165, 1.54) is 4.90 Å². The van der Waals surface area contributed by atoms with Crippen molar-refractivity contribution in [3.8, 4) is 0 Å². The van der Waals surface area contributed by atoms with Crippen LogP contribution in [-0.2, 0) is 5.75 Å². The van der Waals surface area contributed by atoms with E-state index in [4.69, 9.17) is 4.52 Å². The van der Waals surface area contributed by atoms with Crippen molar-refractivity contribution in [2.45, 2.75) is 29.5 Å². The van der Waals surface area contributed by atoms with Crippen LogP contribution < -0.4 is 5.32 Å². The summed E-state index contributed by atoms with van der Waals surface area (Å²) < 4.78 is 5.49. The zero-order valence-corrected chi connectivity index (χ0v) is 13.6. The van der Waals surface area contributed by atoms with Crippen molar-refractivity contribution in [1.29, 1.82) is 0 Å². The lowest BCUT2D eigenvalue weighted by Gasteiger charge is -2.15. The molecule has 21 heavy (non-hydrogen) atoms. The molecule has 2 heterocycles. The van der Waals surface area contributed by atoms with Crippen LogP contribution in [0.4, 0.5) is 0 Å². The van der Waals surface area contributed by atoms with Crippen molar-refractivity contribution < 1.29 is 4.52 Å². The Morgan fingerprint density at radius 2 is 2.19 bits per heavy atom. The SMILES string of the molecule is CCNC1CSCC1c1nc(CSc2ccccc2)no1. The van der Waals surface area contributed by atoms with E-state index in [0.29, 0.717) is 12.0 Å². The summed E-state index contributed by atoms with van der Waals surface area (Å²) in [6.07, 6.45) is 0. The molecule has 1 aromatic carbocycles. The van der Waals surface area contributed by atoms with E-state index in [-0.39, 0.29) is 0 Å². The molecule has 2 aromatic rings. The maximum absolute atomic E-state index is 5.49. The average molecular weight is 321 g/mol. The second-order valence-electron chi connectivity index (χ2n) is 4.96. The highest BCUT2D eigenvalue weighted by Gasteiger charge is 2.32. The molecule has 0 radical (unpaired) electrons. The highest BCUT2D eigenvalue weighted by atomic mass is 32.2. The first-order valence-corrected chi connectivity index (χ1v) is 9.32. The van der Waals surface area contributed by atoms with Gasteiger partial charge in [0.1, 0.15) is 0 Å². The molecule has 1 aliphatic rings. The predicted octanol–water partition coefficient (Wildman–Crippen LogP) is 3.17. The molecule has 4 nitrogen and oxygen atoms in total. The smallest absolute Gasteiger partial charge is 0.232 e. The first kappa shape index (κ1) is 14.9. The summed E-state index contributed by atoms with van der Waals surface area (Å²) in [6.45, 7) is 3.11. The van der Waals surface area contributed by atoms with Crippen molar-refractivity contribution in [3.63, 3.8) is 0 Å². The number of likely N-dealkylation sites (N-methyl/N-ethyl adjacent to an activating group) is 1. The van der Waals surface area contributed by atoms with Gasteiger partial charge < -0.3 is 9.84 Å². The lowest BCUT2D eigenvalue weighted by atomic mass is 10.0. The number of nitrogens with one attached hydrogen (secondary N) is 1. The molecule has 1 saturated heterocycles. The molecule has 6 heteroatoms. The molecule has 112 valence electrons. The minimum absolute atomic E-state index is 0.345. The number of thioether (sulfide) groups is 2. The second kappa shape index (κ2) is 7.33. The Bertz CT molecular complexity index is 561. The molecule has 0 amide bonds. The molecule has 1 aliphatic heterocycles. The Kier molecular flexibility index (Phi) is 5.22. The van der Waals surface area contributed by atoms with Gasteiger partial charge in [-0.25, -0.2) is 0 Å².